The second kappa shape index (κ2) is 7.52. The molecule has 134 valence electrons. The van der Waals surface area contributed by atoms with Crippen LogP contribution in [0.15, 0.2) is 0 Å². The average Bonchev–Trinajstić information content (AvgIpc) is 2.47. The van der Waals surface area contributed by atoms with Gasteiger partial charge in [0.1, 0.15) is 5.60 Å². The van der Waals surface area contributed by atoms with Gasteiger partial charge in [0.25, 0.3) is 0 Å². The number of hydrogen-bond acceptors (Lipinski definition) is 4. The zero-order valence-corrected chi connectivity index (χ0v) is 15.4. The number of rotatable bonds is 4. The van der Waals surface area contributed by atoms with Crippen molar-refractivity contribution in [2.45, 2.75) is 96.8 Å². The van der Waals surface area contributed by atoms with E-state index in [-0.39, 0.29) is 23.4 Å². The van der Waals surface area contributed by atoms with E-state index < -0.39 is 5.60 Å². The molecule has 0 aliphatic heterocycles. The monoisotopic (exact) mass is 325 g/mol. The van der Waals surface area contributed by atoms with Crippen LogP contribution in [0.1, 0.15) is 79.1 Å². The molecule has 0 spiro atoms. The number of aliphatic hydroxyl groups excluding tert-OH is 1. The smallest absolute Gasteiger partial charge is 0.309 e. The van der Waals surface area contributed by atoms with Crippen LogP contribution in [0.5, 0.6) is 0 Å². The highest BCUT2D eigenvalue weighted by atomic mass is 16.6. The van der Waals surface area contributed by atoms with Gasteiger partial charge >= 0.3 is 5.97 Å². The summed E-state index contributed by atoms with van der Waals surface area (Å²) in [5.74, 6) is 0.0220. The average molecular weight is 325 g/mol. The van der Waals surface area contributed by atoms with E-state index in [4.69, 9.17) is 4.74 Å². The van der Waals surface area contributed by atoms with E-state index in [1.54, 1.807) is 0 Å². The first-order chi connectivity index (χ1) is 10.7. The lowest BCUT2D eigenvalue weighted by atomic mass is 9.73. The van der Waals surface area contributed by atoms with E-state index in [2.05, 4.69) is 12.2 Å². The topological polar surface area (TPSA) is 58.6 Å². The fourth-order valence-corrected chi connectivity index (χ4v) is 3.88. The van der Waals surface area contributed by atoms with Gasteiger partial charge in [0.2, 0.25) is 0 Å². The predicted molar refractivity (Wildman–Crippen MR) is 92.2 cm³/mol. The molecule has 4 heteroatoms. The summed E-state index contributed by atoms with van der Waals surface area (Å²) in [5, 5.41) is 13.9. The molecule has 2 atom stereocenters. The summed E-state index contributed by atoms with van der Waals surface area (Å²) in [5.41, 5.74) is -0.377. The van der Waals surface area contributed by atoms with Crippen LogP contribution in [-0.2, 0) is 9.53 Å². The first-order valence-electron chi connectivity index (χ1n) is 9.34. The second-order valence-corrected chi connectivity index (χ2v) is 8.88. The fraction of sp³-hybridized carbons (Fsp3) is 0.947. The van der Waals surface area contributed by atoms with Crippen molar-refractivity contribution in [2.24, 2.45) is 11.3 Å². The predicted octanol–water partition coefficient (Wildman–Crippen LogP) is 3.42. The third kappa shape index (κ3) is 5.46. The zero-order valence-electron chi connectivity index (χ0n) is 15.4. The van der Waals surface area contributed by atoms with Gasteiger partial charge in [-0.15, -0.1) is 0 Å². The lowest BCUT2D eigenvalue weighted by Gasteiger charge is -2.40. The minimum absolute atomic E-state index is 0.0142. The van der Waals surface area contributed by atoms with Crippen molar-refractivity contribution >= 4 is 5.97 Å². The molecule has 2 saturated carbocycles. The summed E-state index contributed by atoms with van der Waals surface area (Å²) < 4.78 is 5.51. The van der Waals surface area contributed by atoms with Crippen LogP contribution in [0.3, 0.4) is 0 Å². The van der Waals surface area contributed by atoms with Crippen LogP contribution in [0.25, 0.3) is 0 Å². The van der Waals surface area contributed by atoms with Crippen molar-refractivity contribution < 1.29 is 14.6 Å². The van der Waals surface area contributed by atoms with Crippen LogP contribution >= 0.6 is 0 Å². The first kappa shape index (κ1) is 18.7. The molecule has 0 aromatic heterocycles. The lowest BCUT2D eigenvalue weighted by Crippen LogP contribution is -2.47. The van der Waals surface area contributed by atoms with Gasteiger partial charge in [0.15, 0.2) is 0 Å². The zero-order chi connectivity index (χ0) is 17.1. The molecule has 2 aliphatic rings. The maximum absolute atomic E-state index is 12.1. The van der Waals surface area contributed by atoms with Gasteiger partial charge in [0.05, 0.1) is 12.0 Å². The Kier molecular flexibility index (Phi) is 6.12. The molecule has 0 saturated heterocycles. The molecule has 23 heavy (non-hydrogen) atoms. The molecule has 2 N–H and O–H groups in total. The second-order valence-electron chi connectivity index (χ2n) is 8.88. The summed E-state index contributed by atoms with van der Waals surface area (Å²) in [4.78, 5) is 12.1. The van der Waals surface area contributed by atoms with E-state index in [1.165, 1.54) is 6.42 Å². The van der Waals surface area contributed by atoms with Crippen LogP contribution in [-0.4, -0.2) is 35.4 Å². The van der Waals surface area contributed by atoms with E-state index >= 15 is 0 Å². The molecule has 0 radical (unpaired) electrons. The quantitative estimate of drug-likeness (QED) is 0.778. The SMILES string of the molecule is CC(C)(C)OC(=O)C1CCC(NCC2(C)CCCCC2O)CC1. The van der Waals surface area contributed by atoms with Gasteiger partial charge in [-0.2, -0.15) is 0 Å². The molecule has 0 aromatic rings. The molecule has 2 aliphatic carbocycles. The third-order valence-corrected chi connectivity index (χ3v) is 5.54. The maximum atomic E-state index is 12.1. The molecule has 0 heterocycles. The number of carbonyl (C=O) groups is 1. The molecular weight excluding hydrogens is 290 g/mol. The Morgan fingerprint density at radius 1 is 1.17 bits per heavy atom. The van der Waals surface area contributed by atoms with Crippen LogP contribution in [0.4, 0.5) is 0 Å². The van der Waals surface area contributed by atoms with Crippen molar-refractivity contribution in [1.82, 2.24) is 5.32 Å². The molecule has 2 fully saturated rings. The van der Waals surface area contributed by atoms with Crippen molar-refractivity contribution in [3.05, 3.63) is 0 Å². The Balaban J connectivity index is 1.73. The van der Waals surface area contributed by atoms with Crippen LogP contribution in [0, 0.1) is 11.3 Å². The summed E-state index contributed by atoms with van der Waals surface area (Å²) in [6.07, 6.45) is 8.10. The summed E-state index contributed by atoms with van der Waals surface area (Å²) in [6.45, 7) is 8.86. The Morgan fingerprint density at radius 2 is 1.83 bits per heavy atom. The molecular formula is C19H35NO3. The number of carbonyl (C=O) groups excluding carboxylic acids is 1. The Morgan fingerprint density at radius 3 is 2.39 bits per heavy atom. The minimum atomic E-state index is -0.391. The Hall–Kier alpha value is -0.610. The number of nitrogens with one attached hydrogen (secondary N) is 1. The van der Waals surface area contributed by atoms with Crippen LogP contribution in [0.2, 0.25) is 0 Å². The highest BCUT2D eigenvalue weighted by molar-refractivity contribution is 5.73. The van der Waals surface area contributed by atoms with Gasteiger partial charge in [-0.3, -0.25) is 4.79 Å². The molecule has 0 aromatic carbocycles. The summed E-state index contributed by atoms with van der Waals surface area (Å²) >= 11 is 0. The van der Waals surface area contributed by atoms with Gasteiger partial charge in [-0.05, 0) is 59.3 Å². The molecule has 4 nitrogen and oxygen atoms in total. The van der Waals surface area contributed by atoms with Crippen molar-refractivity contribution in [3.8, 4) is 0 Å². The van der Waals surface area contributed by atoms with Gasteiger partial charge < -0.3 is 15.2 Å². The largest absolute Gasteiger partial charge is 0.460 e. The maximum Gasteiger partial charge on any atom is 0.309 e. The summed E-state index contributed by atoms with van der Waals surface area (Å²) in [7, 11) is 0. The molecule has 0 bridgehead atoms. The highest BCUT2D eigenvalue weighted by Crippen LogP contribution is 2.36. The number of hydrogen-bond donors (Lipinski definition) is 2. The Labute approximate surface area is 141 Å². The lowest BCUT2D eigenvalue weighted by molar-refractivity contribution is -0.161. The Bertz CT molecular complexity index is 396. The van der Waals surface area contributed by atoms with E-state index in [9.17, 15) is 9.90 Å². The summed E-state index contributed by atoms with van der Waals surface area (Å²) in [6, 6.07) is 0.472. The number of ether oxygens (including phenoxy) is 1. The van der Waals surface area contributed by atoms with E-state index in [1.807, 2.05) is 20.8 Å². The van der Waals surface area contributed by atoms with Gasteiger partial charge in [-0.1, -0.05) is 19.8 Å². The van der Waals surface area contributed by atoms with E-state index in [0.717, 1.165) is 51.5 Å². The normalized spacial score (nSPS) is 35.8. The third-order valence-electron chi connectivity index (χ3n) is 5.54. The molecule has 2 unspecified atom stereocenters. The fourth-order valence-electron chi connectivity index (χ4n) is 3.88. The van der Waals surface area contributed by atoms with Gasteiger partial charge in [0, 0.05) is 18.0 Å². The van der Waals surface area contributed by atoms with Crippen molar-refractivity contribution in [2.75, 3.05) is 6.54 Å². The van der Waals surface area contributed by atoms with Crippen molar-refractivity contribution in [3.63, 3.8) is 0 Å². The molecule has 0 amide bonds. The number of aliphatic hydroxyl groups is 1. The number of esters is 1. The van der Waals surface area contributed by atoms with Gasteiger partial charge in [-0.25, -0.2) is 0 Å². The first-order valence-corrected chi connectivity index (χ1v) is 9.34. The standard InChI is InChI=1S/C19H35NO3/c1-18(2,3)23-17(22)14-8-10-15(11-9-14)20-13-19(4)12-6-5-7-16(19)21/h14-16,20-21H,5-13H2,1-4H3. The minimum Gasteiger partial charge on any atom is -0.460 e. The molecule has 2 rings (SSSR count). The van der Waals surface area contributed by atoms with Crippen LogP contribution < -0.4 is 5.32 Å². The van der Waals surface area contributed by atoms with E-state index in [0.29, 0.717) is 6.04 Å². The highest BCUT2D eigenvalue weighted by Gasteiger charge is 2.36. The van der Waals surface area contributed by atoms with Crippen molar-refractivity contribution in [1.29, 1.82) is 0 Å².